The molecule has 138 valence electrons. The molecule has 3 heterocycles. The summed E-state index contributed by atoms with van der Waals surface area (Å²) in [5, 5.41) is 3.10. The smallest absolute Gasteiger partial charge is 0.317 e. The van der Waals surface area contributed by atoms with Crippen LogP contribution in [-0.4, -0.2) is 65.7 Å². The number of amides is 2. The Balaban J connectivity index is 1.41. The molecule has 6 nitrogen and oxygen atoms in total. The van der Waals surface area contributed by atoms with Crippen molar-refractivity contribution in [1.29, 1.82) is 0 Å². The largest absolute Gasteiger partial charge is 0.373 e. The van der Waals surface area contributed by atoms with Crippen molar-refractivity contribution in [2.24, 2.45) is 0 Å². The van der Waals surface area contributed by atoms with E-state index in [-0.39, 0.29) is 12.1 Å². The Hall–Kier alpha value is -1.66. The number of pyridine rings is 1. The topological polar surface area (TPSA) is 57.7 Å². The highest BCUT2D eigenvalue weighted by Gasteiger charge is 2.29. The molecule has 0 unspecified atom stereocenters. The van der Waals surface area contributed by atoms with Crippen LogP contribution < -0.4 is 5.32 Å². The minimum Gasteiger partial charge on any atom is -0.373 e. The van der Waals surface area contributed by atoms with Gasteiger partial charge >= 0.3 is 6.03 Å². The minimum atomic E-state index is 0.0584. The Morgan fingerprint density at radius 3 is 2.72 bits per heavy atom. The molecule has 25 heavy (non-hydrogen) atoms. The Labute approximate surface area is 150 Å². The predicted molar refractivity (Wildman–Crippen MR) is 97.4 cm³/mol. The van der Waals surface area contributed by atoms with Crippen LogP contribution in [0.25, 0.3) is 0 Å². The third-order valence-electron chi connectivity index (χ3n) is 5.03. The fourth-order valence-corrected chi connectivity index (χ4v) is 4.01. The van der Waals surface area contributed by atoms with E-state index in [1.54, 1.807) is 12.4 Å². The summed E-state index contributed by atoms with van der Waals surface area (Å²) in [6.07, 6.45) is 7.25. The molecule has 2 amide bonds. The first-order valence-electron chi connectivity index (χ1n) is 9.45. The highest BCUT2D eigenvalue weighted by atomic mass is 16.5. The number of morpholine rings is 1. The molecule has 1 aromatic rings. The van der Waals surface area contributed by atoms with Gasteiger partial charge in [0.1, 0.15) is 0 Å². The van der Waals surface area contributed by atoms with Gasteiger partial charge in [0.15, 0.2) is 0 Å². The van der Waals surface area contributed by atoms with Gasteiger partial charge < -0.3 is 15.0 Å². The normalized spacial score (nSPS) is 27.4. The molecule has 2 aliphatic rings. The van der Waals surface area contributed by atoms with E-state index in [4.69, 9.17) is 4.74 Å². The molecule has 2 fully saturated rings. The Kier molecular flexibility index (Phi) is 6.26. The van der Waals surface area contributed by atoms with E-state index in [0.29, 0.717) is 12.2 Å². The average Bonchev–Trinajstić information content (AvgIpc) is 3.08. The second-order valence-corrected chi connectivity index (χ2v) is 7.23. The summed E-state index contributed by atoms with van der Waals surface area (Å²) in [6, 6.07) is 4.26. The lowest BCUT2D eigenvalue weighted by Gasteiger charge is -2.35. The van der Waals surface area contributed by atoms with Crippen LogP contribution >= 0.6 is 0 Å². The third-order valence-corrected chi connectivity index (χ3v) is 5.03. The third kappa shape index (κ3) is 4.92. The Morgan fingerprint density at radius 2 is 2.00 bits per heavy atom. The molecule has 0 bridgehead atoms. The van der Waals surface area contributed by atoms with Gasteiger partial charge in [0, 0.05) is 45.1 Å². The molecule has 2 saturated heterocycles. The number of likely N-dealkylation sites (tertiary alicyclic amines) is 1. The van der Waals surface area contributed by atoms with Gasteiger partial charge in [-0.3, -0.25) is 9.88 Å². The molecule has 3 rings (SSSR count). The van der Waals surface area contributed by atoms with Crippen LogP contribution in [0.4, 0.5) is 4.79 Å². The van der Waals surface area contributed by atoms with E-state index >= 15 is 0 Å². The zero-order valence-corrected chi connectivity index (χ0v) is 15.4. The van der Waals surface area contributed by atoms with Crippen LogP contribution in [0.5, 0.6) is 0 Å². The van der Waals surface area contributed by atoms with Crippen LogP contribution in [0.3, 0.4) is 0 Å². The quantitative estimate of drug-likeness (QED) is 0.832. The monoisotopic (exact) mass is 346 g/mol. The van der Waals surface area contributed by atoms with Crippen molar-refractivity contribution in [3.8, 4) is 0 Å². The summed E-state index contributed by atoms with van der Waals surface area (Å²) in [6.45, 7) is 8.76. The van der Waals surface area contributed by atoms with E-state index in [2.05, 4.69) is 29.0 Å². The molecular formula is C19H30N4O2. The number of nitrogens with zero attached hydrogens (tertiary/aromatic N) is 3. The van der Waals surface area contributed by atoms with Crippen molar-refractivity contribution in [1.82, 2.24) is 20.1 Å². The van der Waals surface area contributed by atoms with Gasteiger partial charge in [0.2, 0.25) is 0 Å². The second-order valence-electron chi connectivity index (χ2n) is 7.23. The first-order valence-corrected chi connectivity index (χ1v) is 9.45. The number of rotatable bonds is 5. The lowest BCUT2D eigenvalue weighted by molar-refractivity contribution is -0.0679. The van der Waals surface area contributed by atoms with Gasteiger partial charge in [-0.05, 0) is 50.8 Å². The van der Waals surface area contributed by atoms with Crippen molar-refractivity contribution < 1.29 is 9.53 Å². The Morgan fingerprint density at radius 1 is 1.28 bits per heavy atom. The number of aromatic nitrogens is 1. The maximum atomic E-state index is 12.5. The molecule has 0 aromatic carbocycles. The number of hydrogen-bond donors (Lipinski definition) is 1. The minimum absolute atomic E-state index is 0.0584. The zero-order valence-electron chi connectivity index (χ0n) is 15.4. The van der Waals surface area contributed by atoms with Crippen LogP contribution in [0.2, 0.25) is 0 Å². The van der Waals surface area contributed by atoms with Crippen molar-refractivity contribution in [3.63, 3.8) is 0 Å². The van der Waals surface area contributed by atoms with Gasteiger partial charge in [-0.2, -0.15) is 0 Å². The first kappa shape index (κ1) is 18.1. The van der Waals surface area contributed by atoms with E-state index in [1.807, 2.05) is 17.0 Å². The molecule has 0 aliphatic carbocycles. The fraction of sp³-hybridized carbons (Fsp3) is 0.684. The van der Waals surface area contributed by atoms with Gasteiger partial charge in [-0.25, -0.2) is 4.79 Å². The number of nitrogens with one attached hydrogen (secondary N) is 1. The van der Waals surface area contributed by atoms with E-state index in [9.17, 15) is 4.79 Å². The summed E-state index contributed by atoms with van der Waals surface area (Å²) in [7, 11) is 0. The van der Waals surface area contributed by atoms with Crippen molar-refractivity contribution in [2.75, 3.05) is 32.7 Å². The number of urea groups is 1. The van der Waals surface area contributed by atoms with Crippen LogP contribution in [-0.2, 0) is 4.74 Å². The fourth-order valence-electron chi connectivity index (χ4n) is 4.01. The molecule has 6 heteroatoms. The number of carbonyl (C=O) groups excluding carboxylic acids is 1. The Bertz CT molecular complexity index is 544. The van der Waals surface area contributed by atoms with Crippen molar-refractivity contribution >= 4 is 6.03 Å². The van der Waals surface area contributed by atoms with Gasteiger partial charge in [0.25, 0.3) is 0 Å². The highest BCUT2D eigenvalue weighted by Crippen LogP contribution is 2.31. The van der Waals surface area contributed by atoms with Crippen molar-refractivity contribution in [2.45, 2.75) is 51.4 Å². The summed E-state index contributed by atoms with van der Waals surface area (Å²) in [5.41, 5.74) is 1.18. The predicted octanol–water partition coefficient (Wildman–Crippen LogP) is 2.43. The average molecular weight is 346 g/mol. The van der Waals surface area contributed by atoms with E-state index in [0.717, 1.165) is 52.0 Å². The van der Waals surface area contributed by atoms with E-state index < -0.39 is 0 Å². The first-order chi connectivity index (χ1) is 12.1. The standard InChI is InChI=1S/C19H30N4O2/c1-15-13-22(14-16(2)25-15)11-4-8-21-19(24)23-12-3-5-18(23)17-6-9-20-10-7-17/h6-7,9-10,15-16,18H,3-5,8,11-14H2,1-2H3,(H,21,24)/t15-,16-,18+/m1/s1. The maximum Gasteiger partial charge on any atom is 0.317 e. The lowest BCUT2D eigenvalue weighted by atomic mass is 10.1. The van der Waals surface area contributed by atoms with Gasteiger partial charge in [-0.15, -0.1) is 0 Å². The molecule has 0 spiro atoms. The molecule has 3 atom stereocenters. The molecule has 0 saturated carbocycles. The number of carbonyl (C=O) groups is 1. The number of ether oxygens (including phenoxy) is 1. The molecule has 2 aliphatic heterocycles. The zero-order chi connectivity index (χ0) is 17.6. The molecule has 0 radical (unpaired) electrons. The molecular weight excluding hydrogens is 316 g/mol. The molecule has 1 N–H and O–H groups in total. The summed E-state index contributed by atoms with van der Waals surface area (Å²) >= 11 is 0. The van der Waals surface area contributed by atoms with Crippen molar-refractivity contribution in [3.05, 3.63) is 30.1 Å². The van der Waals surface area contributed by atoms with E-state index in [1.165, 1.54) is 5.56 Å². The summed E-state index contributed by atoms with van der Waals surface area (Å²) in [5.74, 6) is 0. The highest BCUT2D eigenvalue weighted by molar-refractivity contribution is 5.75. The van der Waals surface area contributed by atoms with Crippen LogP contribution in [0.1, 0.15) is 44.7 Å². The second kappa shape index (κ2) is 8.63. The maximum absolute atomic E-state index is 12.5. The SMILES string of the molecule is C[C@@H]1CN(CCCNC(=O)N2CCC[C@H]2c2ccncc2)C[C@@H](C)O1. The summed E-state index contributed by atoms with van der Waals surface area (Å²) in [4.78, 5) is 21.0. The molecule has 1 aromatic heterocycles. The lowest BCUT2D eigenvalue weighted by Crippen LogP contribution is -2.46. The summed E-state index contributed by atoms with van der Waals surface area (Å²) < 4.78 is 5.76. The van der Waals surface area contributed by atoms with Crippen LogP contribution in [0, 0.1) is 0 Å². The van der Waals surface area contributed by atoms with Gasteiger partial charge in [-0.1, -0.05) is 0 Å². The van der Waals surface area contributed by atoms with Crippen LogP contribution in [0.15, 0.2) is 24.5 Å². The number of hydrogen-bond acceptors (Lipinski definition) is 4. The van der Waals surface area contributed by atoms with Gasteiger partial charge in [0.05, 0.1) is 18.2 Å².